The van der Waals surface area contributed by atoms with Gasteiger partial charge < -0.3 is 19.5 Å². The van der Waals surface area contributed by atoms with E-state index < -0.39 is 5.97 Å². The summed E-state index contributed by atoms with van der Waals surface area (Å²) >= 11 is 0. The fourth-order valence-corrected chi connectivity index (χ4v) is 3.16. The van der Waals surface area contributed by atoms with E-state index in [0.29, 0.717) is 43.9 Å². The molecule has 0 aromatic heterocycles. The molecule has 1 saturated heterocycles. The number of amides is 1. The molecule has 6 nitrogen and oxygen atoms in total. The molecule has 0 saturated carbocycles. The standard InChI is InChI=1S/C18H25NO5/c1-12-11-19(7-6-16(12)18(21)22)17(20)5-4-13-8-14(23-2)10-15(9-13)24-3/h8-10,12,16H,4-7,11H2,1-3H3,(H,21,22). The third kappa shape index (κ3) is 4.40. The molecule has 0 radical (unpaired) electrons. The van der Waals surface area contributed by atoms with Crippen molar-refractivity contribution in [2.75, 3.05) is 27.3 Å². The average molecular weight is 335 g/mol. The van der Waals surface area contributed by atoms with E-state index in [-0.39, 0.29) is 17.7 Å². The third-order valence-electron chi connectivity index (χ3n) is 4.61. The van der Waals surface area contributed by atoms with Crippen LogP contribution in [-0.4, -0.2) is 49.2 Å². The minimum Gasteiger partial charge on any atom is -0.497 e. The Kier molecular flexibility index (Phi) is 6.06. The second-order valence-electron chi connectivity index (χ2n) is 6.27. The molecule has 2 atom stereocenters. The zero-order valence-corrected chi connectivity index (χ0v) is 14.4. The number of carboxylic acids is 1. The van der Waals surface area contributed by atoms with Gasteiger partial charge in [0.2, 0.25) is 5.91 Å². The number of rotatable bonds is 6. The van der Waals surface area contributed by atoms with Crippen molar-refractivity contribution in [1.82, 2.24) is 4.90 Å². The highest BCUT2D eigenvalue weighted by atomic mass is 16.5. The van der Waals surface area contributed by atoms with Crippen molar-refractivity contribution < 1.29 is 24.2 Å². The summed E-state index contributed by atoms with van der Waals surface area (Å²) in [6.07, 6.45) is 1.51. The first-order chi connectivity index (χ1) is 11.4. The number of nitrogens with zero attached hydrogens (tertiary/aromatic N) is 1. The average Bonchev–Trinajstić information content (AvgIpc) is 2.58. The maximum Gasteiger partial charge on any atom is 0.306 e. The summed E-state index contributed by atoms with van der Waals surface area (Å²) in [6.45, 7) is 2.92. The third-order valence-corrected chi connectivity index (χ3v) is 4.61. The number of benzene rings is 1. The van der Waals surface area contributed by atoms with Gasteiger partial charge in [0.1, 0.15) is 11.5 Å². The van der Waals surface area contributed by atoms with Gasteiger partial charge in [0, 0.05) is 25.6 Å². The van der Waals surface area contributed by atoms with Crippen molar-refractivity contribution >= 4 is 11.9 Å². The molecule has 1 amide bonds. The largest absolute Gasteiger partial charge is 0.497 e. The number of aliphatic carboxylic acids is 1. The Morgan fingerprint density at radius 2 is 1.83 bits per heavy atom. The normalized spacial score (nSPS) is 20.5. The molecule has 0 bridgehead atoms. The van der Waals surface area contributed by atoms with E-state index in [1.54, 1.807) is 25.2 Å². The van der Waals surface area contributed by atoms with Gasteiger partial charge in [-0.3, -0.25) is 9.59 Å². The first-order valence-corrected chi connectivity index (χ1v) is 8.17. The lowest BCUT2D eigenvalue weighted by molar-refractivity contribution is -0.148. The quantitative estimate of drug-likeness (QED) is 0.862. The Bertz CT molecular complexity index is 579. The molecule has 1 heterocycles. The maximum atomic E-state index is 12.4. The summed E-state index contributed by atoms with van der Waals surface area (Å²) in [5.74, 6) is 0.333. The van der Waals surface area contributed by atoms with Gasteiger partial charge in [-0.2, -0.15) is 0 Å². The van der Waals surface area contributed by atoms with Crippen molar-refractivity contribution in [2.45, 2.75) is 26.2 Å². The summed E-state index contributed by atoms with van der Waals surface area (Å²) in [7, 11) is 3.19. The molecule has 1 fully saturated rings. The number of piperidine rings is 1. The Morgan fingerprint density at radius 1 is 1.21 bits per heavy atom. The number of ether oxygens (including phenoxy) is 2. The molecule has 2 unspecified atom stereocenters. The zero-order chi connectivity index (χ0) is 17.7. The molecule has 1 aromatic carbocycles. The molecule has 1 aromatic rings. The van der Waals surface area contributed by atoms with Crippen molar-refractivity contribution in [1.29, 1.82) is 0 Å². The number of carbonyl (C=O) groups excluding carboxylic acids is 1. The summed E-state index contributed by atoms with van der Waals surface area (Å²) in [4.78, 5) is 25.3. The summed E-state index contributed by atoms with van der Waals surface area (Å²) < 4.78 is 10.5. The molecule has 2 rings (SSSR count). The second-order valence-corrected chi connectivity index (χ2v) is 6.27. The Labute approximate surface area is 142 Å². The number of hydrogen-bond acceptors (Lipinski definition) is 4. The van der Waals surface area contributed by atoms with Crippen LogP contribution in [-0.2, 0) is 16.0 Å². The van der Waals surface area contributed by atoms with Crippen LogP contribution in [0.25, 0.3) is 0 Å². The Morgan fingerprint density at radius 3 is 2.33 bits per heavy atom. The number of aryl methyl sites for hydroxylation is 1. The van der Waals surface area contributed by atoms with Crippen LogP contribution < -0.4 is 9.47 Å². The number of carbonyl (C=O) groups is 2. The molecule has 0 spiro atoms. The highest BCUT2D eigenvalue weighted by molar-refractivity contribution is 5.77. The molecular weight excluding hydrogens is 310 g/mol. The molecule has 24 heavy (non-hydrogen) atoms. The van der Waals surface area contributed by atoms with Gasteiger partial charge in [-0.15, -0.1) is 0 Å². The topological polar surface area (TPSA) is 76.1 Å². The van der Waals surface area contributed by atoms with Crippen LogP contribution in [0.3, 0.4) is 0 Å². The molecule has 6 heteroatoms. The van der Waals surface area contributed by atoms with E-state index in [1.807, 2.05) is 19.1 Å². The predicted octanol–water partition coefficient (Wildman–Crippen LogP) is 2.21. The van der Waals surface area contributed by atoms with Crippen LogP contribution in [0.5, 0.6) is 11.5 Å². The first-order valence-electron chi connectivity index (χ1n) is 8.17. The van der Waals surface area contributed by atoms with Gasteiger partial charge in [0.05, 0.1) is 20.1 Å². The highest BCUT2D eigenvalue weighted by Gasteiger charge is 2.32. The van der Waals surface area contributed by atoms with Crippen molar-refractivity contribution in [3.05, 3.63) is 23.8 Å². The van der Waals surface area contributed by atoms with Gasteiger partial charge >= 0.3 is 5.97 Å². The molecule has 132 valence electrons. The monoisotopic (exact) mass is 335 g/mol. The molecule has 1 aliphatic heterocycles. The predicted molar refractivity (Wildman–Crippen MR) is 89.4 cm³/mol. The number of hydrogen-bond donors (Lipinski definition) is 1. The lowest BCUT2D eigenvalue weighted by atomic mass is 9.87. The molecular formula is C18H25NO5. The van der Waals surface area contributed by atoms with Crippen LogP contribution >= 0.6 is 0 Å². The van der Waals surface area contributed by atoms with E-state index in [9.17, 15) is 9.59 Å². The summed E-state index contributed by atoms with van der Waals surface area (Å²) in [5, 5.41) is 9.16. The Hall–Kier alpha value is -2.24. The SMILES string of the molecule is COc1cc(CCC(=O)N2CCC(C(=O)O)C(C)C2)cc(OC)c1. The minimum atomic E-state index is -0.766. The van der Waals surface area contributed by atoms with Crippen LogP contribution in [0.15, 0.2) is 18.2 Å². The van der Waals surface area contributed by atoms with E-state index in [2.05, 4.69) is 0 Å². The second kappa shape index (κ2) is 8.04. The number of likely N-dealkylation sites (tertiary alicyclic amines) is 1. The number of carboxylic acid groups (broad SMARTS) is 1. The van der Waals surface area contributed by atoms with Gasteiger partial charge in [-0.25, -0.2) is 0 Å². The van der Waals surface area contributed by atoms with Crippen LogP contribution in [0.4, 0.5) is 0 Å². The van der Waals surface area contributed by atoms with Gasteiger partial charge in [-0.1, -0.05) is 6.92 Å². The van der Waals surface area contributed by atoms with Crippen molar-refractivity contribution in [3.63, 3.8) is 0 Å². The van der Waals surface area contributed by atoms with E-state index >= 15 is 0 Å². The van der Waals surface area contributed by atoms with E-state index in [4.69, 9.17) is 14.6 Å². The fraction of sp³-hybridized carbons (Fsp3) is 0.556. The van der Waals surface area contributed by atoms with Crippen LogP contribution in [0.1, 0.15) is 25.3 Å². The van der Waals surface area contributed by atoms with Gasteiger partial charge in [0.15, 0.2) is 0 Å². The first kappa shape index (κ1) is 18.1. The zero-order valence-electron chi connectivity index (χ0n) is 14.4. The minimum absolute atomic E-state index is 0.0166. The molecule has 0 aliphatic carbocycles. The smallest absolute Gasteiger partial charge is 0.306 e. The molecule has 1 N–H and O–H groups in total. The van der Waals surface area contributed by atoms with E-state index in [1.165, 1.54) is 0 Å². The van der Waals surface area contributed by atoms with Crippen LogP contribution in [0.2, 0.25) is 0 Å². The van der Waals surface area contributed by atoms with Gasteiger partial charge in [-0.05, 0) is 36.5 Å². The Balaban J connectivity index is 1.93. The summed E-state index contributed by atoms with van der Waals surface area (Å²) in [5.41, 5.74) is 0.980. The van der Waals surface area contributed by atoms with E-state index in [0.717, 1.165) is 5.56 Å². The summed E-state index contributed by atoms with van der Waals surface area (Å²) in [6, 6.07) is 5.59. The highest BCUT2D eigenvalue weighted by Crippen LogP contribution is 2.26. The van der Waals surface area contributed by atoms with Crippen LogP contribution in [0, 0.1) is 11.8 Å². The lowest BCUT2D eigenvalue weighted by Crippen LogP contribution is -2.45. The van der Waals surface area contributed by atoms with Gasteiger partial charge in [0.25, 0.3) is 0 Å². The van der Waals surface area contributed by atoms with Crippen molar-refractivity contribution in [2.24, 2.45) is 11.8 Å². The number of methoxy groups -OCH3 is 2. The molecule has 1 aliphatic rings. The van der Waals surface area contributed by atoms with Crippen molar-refractivity contribution in [3.8, 4) is 11.5 Å². The fourth-order valence-electron chi connectivity index (χ4n) is 3.16. The maximum absolute atomic E-state index is 12.4. The lowest BCUT2D eigenvalue weighted by Gasteiger charge is -2.35.